The molecule has 0 unspecified atom stereocenters. The molecule has 0 atom stereocenters. The van der Waals surface area contributed by atoms with Crippen LogP contribution in [0.2, 0.25) is 0 Å². The van der Waals surface area contributed by atoms with Crippen LogP contribution in [0.15, 0.2) is 36.4 Å². The van der Waals surface area contributed by atoms with Gasteiger partial charge in [-0.2, -0.15) is 0 Å². The maximum Gasteiger partial charge on any atom is 0.0429 e. The molecule has 1 heteroatoms. The molecule has 0 saturated heterocycles. The summed E-state index contributed by atoms with van der Waals surface area (Å²) in [5.74, 6) is 0.688. The van der Waals surface area contributed by atoms with Crippen LogP contribution in [0.5, 0.6) is 0 Å². The lowest BCUT2D eigenvalue weighted by molar-refractivity contribution is 0.444. The third kappa shape index (κ3) is 1.90. The molecule has 0 aliphatic heterocycles. The summed E-state index contributed by atoms with van der Waals surface area (Å²) >= 11 is 0. The molecule has 2 aromatic rings. The second-order valence-electron chi connectivity index (χ2n) is 5.12. The van der Waals surface area contributed by atoms with E-state index in [-0.39, 0.29) is 0 Å². The summed E-state index contributed by atoms with van der Waals surface area (Å²) in [6.07, 6.45) is 6.73. The smallest absolute Gasteiger partial charge is 0.0429 e. The van der Waals surface area contributed by atoms with E-state index >= 15 is 0 Å². The van der Waals surface area contributed by atoms with E-state index in [2.05, 4.69) is 36.4 Å². The molecule has 0 aromatic heterocycles. The monoisotopic (exact) mass is 225 g/mol. The van der Waals surface area contributed by atoms with Gasteiger partial charge in [0.2, 0.25) is 0 Å². The van der Waals surface area contributed by atoms with Crippen LogP contribution in [0.1, 0.15) is 43.6 Å². The summed E-state index contributed by atoms with van der Waals surface area (Å²) in [6.45, 7) is 0. The summed E-state index contributed by atoms with van der Waals surface area (Å²) in [7, 11) is 0. The second-order valence-corrected chi connectivity index (χ2v) is 5.12. The van der Waals surface area contributed by atoms with Gasteiger partial charge in [0.05, 0.1) is 0 Å². The van der Waals surface area contributed by atoms with E-state index in [0.717, 1.165) is 5.69 Å². The van der Waals surface area contributed by atoms with Gasteiger partial charge in [0, 0.05) is 11.1 Å². The Morgan fingerprint density at radius 2 is 1.65 bits per heavy atom. The standard InChI is InChI=1S/C16H19N/c17-16-14-9-5-4-8-13(14)10-11-15(16)12-6-2-1-3-7-12/h4-5,8-12H,1-3,6-7,17H2. The minimum absolute atomic E-state index is 0.688. The van der Waals surface area contributed by atoms with Gasteiger partial charge in [-0.15, -0.1) is 0 Å². The van der Waals surface area contributed by atoms with Gasteiger partial charge >= 0.3 is 0 Å². The van der Waals surface area contributed by atoms with E-state index in [1.807, 2.05) is 0 Å². The average Bonchev–Trinajstić information content (AvgIpc) is 2.40. The zero-order chi connectivity index (χ0) is 11.7. The third-order valence-corrected chi connectivity index (χ3v) is 4.05. The lowest BCUT2D eigenvalue weighted by Crippen LogP contribution is -2.07. The number of fused-ring (bicyclic) bond motifs is 1. The molecule has 2 N–H and O–H groups in total. The molecular formula is C16H19N. The van der Waals surface area contributed by atoms with Crippen molar-refractivity contribution in [3.05, 3.63) is 42.0 Å². The third-order valence-electron chi connectivity index (χ3n) is 4.05. The van der Waals surface area contributed by atoms with Gasteiger partial charge in [-0.1, -0.05) is 55.7 Å². The lowest BCUT2D eigenvalue weighted by atomic mass is 9.82. The van der Waals surface area contributed by atoms with Crippen molar-refractivity contribution in [2.45, 2.75) is 38.0 Å². The molecule has 1 nitrogen and oxygen atoms in total. The Kier molecular flexibility index (Phi) is 2.76. The van der Waals surface area contributed by atoms with Gasteiger partial charge in [0.1, 0.15) is 0 Å². The Morgan fingerprint density at radius 1 is 0.882 bits per heavy atom. The minimum atomic E-state index is 0.688. The Bertz CT molecular complexity index is 524. The van der Waals surface area contributed by atoms with E-state index in [1.165, 1.54) is 48.4 Å². The molecule has 1 aliphatic carbocycles. The normalized spacial score (nSPS) is 17.4. The van der Waals surface area contributed by atoms with Crippen molar-refractivity contribution in [1.29, 1.82) is 0 Å². The largest absolute Gasteiger partial charge is 0.398 e. The second kappa shape index (κ2) is 4.40. The van der Waals surface area contributed by atoms with E-state index < -0.39 is 0 Å². The molecule has 2 aromatic carbocycles. The fourth-order valence-electron chi connectivity index (χ4n) is 3.08. The SMILES string of the molecule is Nc1c(C2CCCCC2)ccc2ccccc12. The predicted molar refractivity (Wildman–Crippen MR) is 74.2 cm³/mol. The highest BCUT2D eigenvalue weighted by molar-refractivity contribution is 5.94. The van der Waals surface area contributed by atoms with Crippen LogP contribution in [0.3, 0.4) is 0 Å². The van der Waals surface area contributed by atoms with Gasteiger partial charge < -0.3 is 5.73 Å². The van der Waals surface area contributed by atoms with E-state index in [9.17, 15) is 0 Å². The van der Waals surface area contributed by atoms with Crippen molar-refractivity contribution >= 4 is 16.5 Å². The molecule has 0 spiro atoms. The van der Waals surface area contributed by atoms with Gasteiger partial charge in [0.25, 0.3) is 0 Å². The zero-order valence-corrected chi connectivity index (χ0v) is 10.2. The molecule has 0 radical (unpaired) electrons. The Labute approximate surface area is 103 Å². The number of hydrogen-bond donors (Lipinski definition) is 1. The predicted octanol–water partition coefficient (Wildman–Crippen LogP) is 4.47. The first kappa shape index (κ1) is 10.6. The van der Waals surface area contributed by atoms with Gasteiger partial charge in [-0.25, -0.2) is 0 Å². The van der Waals surface area contributed by atoms with Crippen LogP contribution < -0.4 is 5.73 Å². The fourth-order valence-corrected chi connectivity index (χ4v) is 3.08. The Balaban J connectivity index is 2.07. The van der Waals surface area contributed by atoms with E-state index in [1.54, 1.807) is 0 Å². The van der Waals surface area contributed by atoms with Gasteiger partial charge in [-0.3, -0.25) is 0 Å². The van der Waals surface area contributed by atoms with Crippen LogP contribution >= 0.6 is 0 Å². The first-order chi connectivity index (χ1) is 8.36. The summed E-state index contributed by atoms with van der Waals surface area (Å²) in [5.41, 5.74) is 8.74. The topological polar surface area (TPSA) is 26.0 Å². The quantitative estimate of drug-likeness (QED) is 0.712. The Morgan fingerprint density at radius 3 is 2.47 bits per heavy atom. The maximum absolute atomic E-state index is 6.35. The molecule has 3 rings (SSSR count). The summed E-state index contributed by atoms with van der Waals surface area (Å²) in [4.78, 5) is 0. The highest BCUT2D eigenvalue weighted by atomic mass is 14.6. The molecule has 0 heterocycles. The summed E-state index contributed by atoms with van der Waals surface area (Å²) < 4.78 is 0. The molecular weight excluding hydrogens is 206 g/mol. The highest BCUT2D eigenvalue weighted by Gasteiger charge is 2.18. The lowest BCUT2D eigenvalue weighted by Gasteiger charge is -2.24. The minimum Gasteiger partial charge on any atom is -0.398 e. The van der Waals surface area contributed by atoms with Crippen molar-refractivity contribution in [3.63, 3.8) is 0 Å². The summed E-state index contributed by atoms with van der Waals surface area (Å²) in [6, 6.07) is 12.9. The van der Waals surface area contributed by atoms with Crippen molar-refractivity contribution in [3.8, 4) is 0 Å². The first-order valence-electron chi connectivity index (χ1n) is 6.63. The van der Waals surface area contributed by atoms with E-state index in [4.69, 9.17) is 5.73 Å². The maximum atomic E-state index is 6.35. The molecule has 17 heavy (non-hydrogen) atoms. The summed E-state index contributed by atoms with van der Waals surface area (Å²) in [5, 5.41) is 2.47. The van der Waals surface area contributed by atoms with Crippen LogP contribution in [0.4, 0.5) is 5.69 Å². The van der Waals surface area contributed by atoms with Crippen LogP contribution in [-0.2, 0) is 0 Å². The number of nitrogen functional groups attached to an aromatic ring is 1. The molecule has 1 aliphatic rings. The number of benzene rings is 2. The molecule has 0 amide bonds. The van der Waals surface area contributed by atoms with Crippen LogP contribution in [0, 0.1) is 0 Å². The highest BCUT2D eigenvalue weighted by Crippen LogP contribution is 2.38. The van der Waals surface area contributed by atoms with Gasteiger partial charge in [0.15, 0.2) is 0 Å². The van der Waals surface area contributed by atoms with Crippen LogP contribution in [0.25, 0.3) is 10.8 Å². The van der Waals surface area contributed by atoms with Crippen molar-refractivity contribution in [2.24, 2.45) is 0 Å². The Hall–Kier alpha value is -1.50. The van der Waals surface area contributed by atoms with Crippen LogP contribution in [-0.4, -0.2) is 0 Å². The number of nitrogens with two attached hydrogens (primary N) is 1. The molecule has 0 bridgehead atoms. The number of anilines is 1. The molecule has 1 fully saturated rings. The average molecular weight is 225 g/mol. The molecule has 1 saturated carbocycles. The number of rotatable bonds is 1. The first-order valence-corrected chi connectivity index (χ1v) is 6.63. The van der Waals surface area contributed by atoms with Crippen molar-refractivity contribution in [1.82, 2.24) is 0 Å². The molecule has 88 valence electrons. The fraction of sp³-hybridized carbons (Fsp3) is 0.375. The van der Waals surface area contributed by atoms with Crippen molar-refractivity contribution in [2.75, 3.05) is 5.73 Å². The number of hydrogen-bond acceptors (Lipinski definition) is 1. The van der Waals surface area contributed by atoms with E-state index in [0.29, 0.717) is 5.92 Å². The zero-order valence-electron chi connectivity index (χ0n) is 10.2. The van der Waals surface area contributed by atoms with Gasteiger partial charge in [-0.05, 0) is 29.7 Å². The van der Waals surface area contributed by atoms with Crippen molar-refractivity contribution < 1.29 is 0 Å².